The van der Waals surface area contributed by atoms with Gasteiger partial charge in [-0.05, 0) is 31.9 Å². The van der Waals surface area contributed by atoms with Crippen molar-refractivity contribution in [3.8, 4) is 5.75 Å². The first-order valence-corrected chi connectivity index (χ1v) is 6.96. The summed E-state index contributed by atoms with van der Waals surface area (Å²) >= 11 is 0. The second-order valence-electron chi connectivity index (χ2n) is 4.33. The molecule has 3 nitrogen and oxygen atoms in total. The lowest BCUT2D eigenvalue weighted by molar-refractivity contribution is 0.162. The molecule has 1 rings (SSSR count). The van der Waals surface area contributed by atoms with Gasteiger partial charge in [0.2, 0.25) is 0 Å². The molecule has 0 saturated heterocycles. The van der Waals surface area contributed by atoms with Crippen LogP contribution in [0.3, 0.4) is 0 Å². The third kappa shape index (κ3) is 5.93. The number of rotatable bonds is 10. The van der Waals surface area contributed by atoms with Crippen molar-refractivity contribution in [2.24, 2.45) is 0 Å². The minimum Gasteiger partial charge on any atom is -0.497 e. The number of benzene rings is 1. The van der Waals surface area contributed by atoms with Gasteiger partial charge in [0, 0.05) is 5.56 Å². The van der Waals surface area contributed by atoms with Crippen LogP contribution < -0.4 is 4.74 Å². The number of hydrogen-bond donors (Lipinski definition) is 0. The van der Waals surface area contributed by atoms with Gasteiger partial charge in [0.05, 0.1) is 26.1 Å². The van der Waals surface area contributed by atoms with Crippen molar-refractivity contribution in [2.75, 3.05) is 19.8 Å². The normalized spacial score (nSPS) is 10.7. The molecule has 0 heterocycles. The Balaban J connectivity index is 2.36. The van der Waals surface area contributed by atoms with Gasteiger partial charge in [0.1, 0.15) is 12.4 Å². The van der Waals surface area contributed by atoms with Crippen molar-refractivity contribution in [1.82, 2.24) is 0 Å². The van der Waals surface area contributed by atoms with E-state index in [9.17, 15) is 0 Å². The Morgan fingerprint density at radius 2 is 2.15 bits per heavy atom. The van der Waals surface area contributed by atoms with Gasteiger partial charge in [-0.1, -0.05) is 24.3 Å². The molecule has 3 heteroatoms. The van der Waals surface area contributed by atoms with E-state index >= 15 is 0 Å². The molecule has 0 N–H and O–H groups in total. The zero-order valence-electron chi connectivity index (χ0n) is 12.4. The van der Waals surface area contributed by atoms with Crippen LogP contribution in [0, 0.1) is 6.92 Å². The predicted octanol–water partition coefficient (Wildman–Crippen LogP) is 4.02. The summed E-state index contributed by atoms with van der Waals surface area (Å²) in [6, 6.07) is 6.07. The second-order valence-corrected chi connectivity index (χ2v) is 4.33. The molecule has 0 aliphatic rings. The fourth-order valence-electron chi connectivity index (χ4n) is 1.74. The molecule has 0 aliphatic carbocycles. The molecule has 1 aromatic rings. The summed E-state index contributed by atoms with van der Waals surface area (Å²) in [5.41, 5.74) is 2.19. The van der Waals surface area contributed by atoms with Crippen molar-refractivity contribution in [3.05, 3.63) is 54.3 Å². The van der Waals surface area contributed by atoms with E-state index in [2.05, 4.69) is 6.58 Å². The standard InChI is InChI=1S/C17H24O3/c1-4-6-11-18-12-8-13-19-14-16-10-7-9-15(3)17(16)20-5-2/h4,7-10,13H,1,5-6,11-12,14H2,2-3H3/b13-8+. The Labute approximate surface area is 121 Å². The highest BCUT2D eigenvalue weighted by Crippen LogP contribution is 2.24. The summed E-state index contributed by atoms with van der Waals surface area (Å²) in [5, 5.41) is 0. The predicted molar refractivity (Wildman–Crippen MR) is 81.9 cm³/mol. The number of aryl methyl sites for hydroxylation is 1. The Hall–Kier alpha value is -1.74. The van der Waals surface area contributed by atoms with Crippen molar-refractivity contribution in [1.29, 1.82) is 0 Å². The van der Waals surface area contributed by atoms with E-state index in [-0.39, 0.29) is 0 Å². The first kappa shape index (κ1) is 16.3. The van der Waals surface area contributed by atoms with Crippen LogP contribution >= 0.6 is 0 Å². The third-order valence-electron chi connectivity index (χ3n) is 2.69. The first-order valence-electron chi connectivity index (χ1n) is 6.96. The van der Waals surface area contributed by atoms with E-state index in [0.29, 0.717) is 26.4 Å². The smallest absolute Gasteiger partial charge is 0.128 e. The summed E-state index contributed by atoms with van der Waals surface area (Å²) in [6.07, 6.45) is 6.24. The van der Waals surface area contributed by atoms with E-state index in [1.165, 1.54) is 0 Å². The summed E-state index contributed by atoms with van der Waals surface area (Å²) in [7, 11) is 0. The SMILES string of the molecule is C=CCCOC/C=C/OCc1cccc(C)c1OCC. The molecule has 0 radical (unpaired) electrons. The van der Waals surface area contributed by atoms with Gasteiger partial charge >= 0.3 is 0 Å². The largest absolute Gasteiger partial charge is 0.497 e. The van der Waals surface area contributed by atoms with Gasteiger partial charge in [-0.15, -0.1) is 6.58 Å². The molecular weight excluding hydrogens is 252 g/mol. The van der Waals surface area contributed by atoms with Gasteiger partial charge in [-0.25, -0.2) is 0 Å². The molecule has 0 bridgehead atoms. The Bertz CT molecular complexity index is 424. The van der Waals surface area contributed by atoms with Crippen LogP contribution in [0.2, 0.25) is 0 Å². The van der Waals surface area contributed by atoms with Gasteiger partial charge in [-0.2, -0.15) is 0 Å². The van der Waals surface area contributed by atoms with Crippen LogP contribution in [0.1, 0.15) is 24.5 Å². The van der Waals surface area contributed by atoms with Crippen LogP contribution in [0.15, 0.2) is 43.2 Å². The van der Waals surface area contributed by atoms with Gasteiger partial charge in [0.15, 0.2) is 0 Å². The monoisotopic (exact) mass is 276 g/mol. The molecule has 0 aromatic heterocycles. The van der Waals surface area contributed by atoms with Crippen molar-refractivity contribution in [2.45, 2.75) is 26.9 Å². The van der Waals surface area contributed by atoms with Crippen LogP contribution in [-0.4, -0.2) is 19.8 Å². The number of para-hydroxylation sites is 1. The van der Waals surface area contributed by atoms with Crippen LogP contribution in [-0.2, 0) is 16.1 Å². The zero-order chi connectivity index (χ0) is 14.6. The quantitative estimate of drug-likeness (QED) is 0.367. The topological polar surface area (TPSA) is 27.7 Å². The van der Waals surface area contributed by atoms with Crippen molar-refractivity contribution < 1.29 is 14.2 Å². The molecule has 0 amide bonds. The van der Waals surface area contributed by atoms with E-state index in [0.717, 1.165) is 23.3 Å². The molecule has 0 atom stereocenters. The second kappa shape index (κ2) is 10.1. The van der Waals surface area contributed by atoms with Crippen LogP contribution in [0.25, 0.3) is 0 Å². The maximum absolute atomic E-state index is 5.65. The lowest BCUT2D eigenvalue weighted by Gasteiger charge is -2.12. The zero-order valence-corrected chi connectivity index (χ0v) is 12.4. The Morgan fingerprint density at radius 3 is 2.90 bits per heavy atom. The number of hydrogen-bond acceptors (Lipinski definition) is 3. The highest BCUT2D eigenvalue weighted by atomic mass is 16.5. The van der Waals surface area contributed by atoms with E-state index in [1.54, 1.807) is 6.26 Å². The fourth-order valence-corrected chi connectivity index (χ4v) is 1.74. The Kier molecular flexibility index (Phi) is 8.24. The first-order chi connectivity index (χ1) is 9.79. The van der Waals surface area contributed by atoms with E-state index in [1.807, 2.05) is 44.2 Å². The third-order valence-corrected chi connectivity index (χ3v) is 2.69. The fraction of sp³-hybridized carbons (Fsp3) is 0.412. The molecule has 0 aliphatic heterocycles. The maximum Gasteiger partial charge on any atom is 0.128 e. The maximum atomic E-state index is 5.65. The summed E-state index contributed by atoms with van der Waals surface area (Å²) < 4.78 is 16.5. The highest BCUT2D eigenvalue weighted by molar-refractivity contribution is 5.40. The van der Waals surface area contributed by atoms with Gasteiger partial charge < -0.3 is 14.2 Å². The number of ether oxygens (including phenoxy) is 3. The van der Waals surface area contributed by atoms with E-state index in [4.69, 9.17) is 14.2 Å². The van der Waals surface area contributed by atoms with Crippen molar-refractivity contribution in [3.63, 3.8) is 0 Å². The van der Waals surface area contributed by atoms with Crippen LogP contribution in [0.4, 0.5) is 0 Å². The lowest BCUT2D eigenvalue weighted by Crippen LogP contribution is -1.99. The average Bonchev–Trinajstić information content (AvgIpc) is 2.45. The molecule has 110 valence electrons. The van der Waals surface area contributed by atoms with E-state index < -0.39 is 0 Å². The van der Waals surface area contributed by atoms with Gasteiger partial charge in [-0.3, -0.25) is 0 Å². The molecule has 1 aromatic carbocycles. The molecule has 20 heavy (non-hydrogen) atoms. The summed E-state index contributed by atoms with van der Waals surface area (Å²) in [4.78, 5) is 0. The summed E-state index contributed by atoms with van der Waals surface area (Å²) in [6.45, 7) is 10.1. The van der Waals surface area contributed by atoms with Gasteiger partial charge in [0.25, 0.3) is 0 Å². The molecule has 0 spiro atoms. The van der Waals surface area contributed by atoms with Crippen LogP contribution in [0.5, 0.6) is 5.75 Å². The average molecular weight is 276 g/mol. The van der Waals surface area contributed by atoms with Crippen molar-refractivity contribution >= 4 is 0 Å². The lowest BCUT2D eigenvalue weighted by atomic mass is 10.1. The molecule has 0 saturated carbocycles. The molecular formula is C17H24O3. The minimum atomic E-state index is 0.500. The minimum absolute atomic E-state index is 0.500. The summed E-state index contributed by atoms with van der Waals surface area (Å²) in [5.74, 6) is 0.922. The highest BCUT2D eigenvalue weighted by Gasteiger charge is 2.05. The Morgan fingerprint density at radius 1 is 1.30 bits per heavy atom. The molecule has 0 fully saturated rings. The molecule has 0 unspecified atom stereocenters.